The van der Waals surface area contributed by atoms with Crippen molar-refractivity contribution in [2.24, 2.45) is 5.92 Å². The van der Waals surface area contributed by atoms with Gasteiger partial charge in [-0.05, 0) is 36.2 Å². The maximum atomic E-state index is 13.8. The summed E-state index contributed by atoms with van der Waals surface area (Å²) in [6, 6.07) is 4.08. The fraction of sp³-hybridized carbons (Fsp3) is 0.438. The van der Waals surface area contributed by atoms with E-state index >= 15 is 0 Å². The minimum atomic E-state index is -0.875. The lowest BCUT2D eigenvalue weighted by molar-refractivity contribution is -0.122. The summed E-state index contributed by atoms with van der Waals surface area (Å²) in [5.74, 6) is -1.58. The Bertz CT molecular complexity index is 817. The van der Waals surface area contributed by atoms with Crippen molar-refractivity contribution < 1.29 is 13.6 Å². The zero-order valence-electron chi connectivity index (χ0n) is 13.2. The van der Waals surface area contributed by atoms with Crippen molar-refractivity contribution in [2.75, 3.05) is 6.54 Å². The van der Waals surface area contributed by atoms with E-state index < -0.39 is 11.6 Å². The molecule has 0 saturated heterocycles. The smallest absolute Gasteiger partial charge is 0.223 e. The number of aryl methyl sites for hydroxylation is 1. The van der Waals surface area contributed by atoms with Crippen LogP contribution >= 0.6 is 12.2 Å². The van der Waals surface area contributed by atoms with Gasteiger partial charge in [-0.3, -0.25) is 9.89 Å². The molecule has 1 aliphatic carbocycles. The highest BCUT2D eigenvalue weighted by molar-refractivity contribution is 7.71. The molecule has 2 aromatic rings. The zero-order chi connectivity index (χ0) is 17.3. The molecule has 0 radical (unpaired) electrons. The molecule has 2 N–H and O–H groups in total. The van der Waals surface area contributed by atoms with Crippen LogP contribution in [0.4, 0.5) is 8.78 Å². The third kappa shape index (κ3) is 3.24. The van der Waals surface area contributed by atoms with Crippen LogP contribution in [-0.2, 0) is 17.8 Å². The number of carbonyl (C=O) groups excluding carboxylic acids is 1. The van der Waals surface area contributed by atoms with E-state index in [1.54, 1.807) is 0 Å². The SMILES string of the molecule is CCc1n[nH]c(=S)n1CCNC(=O)C1CC1c1cccc(F)c1F. The standard InChI is InChI=1S/C16H18F2N4OS/c1-2-13-20-21-16(24)22(13)7-6-19-15(23)11-8-10(11)9-4-3-5-12(17)14(9)18/h3-5,10-11H,2,6-8H2,1H3,(H,19,23)(H,21,24). The summed E-state index contributed by atoms with van der Waals surface area (Å²) in [5, 5.41) is 9.66. The fourth-order valence-corrected chi connectivity index (χ4v) is 3.15. The first-order valence-electron chi connectivity index (χ1n) is 7.88. The molecule has 1 heterocycles. The number of hydrogen-bond donors (Lipinski definition) is 2. The molecule has 1 aromatic carbocycles. The van der Waals surface area contributed by atoms with Crippen molar-refractivity contribution >= 4 is 18.1 Å². The highest BCUT2D eigenvalue weighted by Gasteiger charge is 2.45. The lowest BCUT2D eigenvalue weighted by Crippen LogP contribution is -2.29. The Hall–Kier alpha value is -2.09. The number of aromatic nitrogens is 3. The van der Waals surface area contributed by atoms with Crippen molar-refractivity contribution in [3.05, 3.63) is 46.0 Å². The molecule has 1 saturated carbocycles. The molecule has 128 valence electrons. The first kappa shape index (κ1) is 16.8. The van der Waals surface area contributed by atoms with Crippen LogP contribution in [0.3, 0.4) is 0 Å². The number of hydrogen-bond acceptors (Lipinski definition) is 3. The molecule has 1 fully saturated rings. The predicted octanol–water partition coefficient (Wildman–Crippen LogP) is 2.70. The van der Waals surface area contributed by atoms with Crippen molar-refractivity contribution in [1.82, 2.24) is 20.1 Å². The van der Waals surface area contributed by atoms with Gasteiger partial charge in [-0.25, -0.2) is 8.78 Å². The summed E-state index contributed by atoms with van der Waals surface area (Å²) < 4.78 is 29.4. The Morgan fingerprint density at radius 1 is 1.50 bits per heavy atom. The number of H-pyrrole nitrogens is 1. The molecule has 0 bridgehead atoms. The second kappa shape index (κ2) is 6.80. The van der Waals surface area contributed by atoms with Crippen LogP contribution in [0, 0.1) is 22.3 Å². The Kier molecular flexibility index (Phi) is 4.75. The van der Waals surface area contributed by atoms with Crippen LogP contribution in [0.1, 0.15) is 30.7 Å². The van der Waals surface area contributed by atoms with E-state index in [1.807, 2.05) is 11.5 Å². The summed E-state index contributed by atoms with van der Waals surface area (Å²) in [6.07, 6.45) is 1.28. The van der Waals surface area contributed by atoms with Crippen molar-refractivity contribution in [2.45, 2.75) is 32.2 Å². The van der Waals surface area contributed by atoms with Gasteiger partial charge in [0.05, 0.1) is 0 Å². The van der Waals surface area contributed by atoms with Gasteiger partial charge in [-0.2, -0.15) is 5.10 Å². The van der Waals surface area contributed by atoms with E-state index in [0.717, 1.165) is 18.3 Å². The summed E-state index contributed by atoms with van der Waals surface area (Å²) in [7, 11) is 0. The molecule has 3 rings (SSSR count). The predicted molar refractivity (Wildman–Crippen MR) is 87.0 cm³/mol. The number of amides is 1. The molecule has 0 aliphatic heterocycles. The summed E-state index contributed by atoms with van der Waals surface area (Å²) in [4.78, 5) is 12.2. The Labute approximate surface area is 143 Å². The second-order valence-corrected chi connectivity index (χ2v) is 6.22. The van der Waals surface area contributed by atoms with Gasteiger partial charge in [0.1, 0.15) is 5.82 Å². The average Bonchev–Trinajstić information content (AvgIpc) is 3.28. The van der Waals surface area contributed by atoms with Gasteiger partial charge in [0.25, 0.3) is 0 Å². The zero-order valence-corrected chi connectivity index (χ0v) is 14.0. The molecule has 1 aromatic heterocycles. The molecule has 2 atom stereocenters. The van der Waals surface area contributed by atoms with Gasteiger partial charge in [0, 0.05) is 25.4 Å². The number of benzene rings is 1. The van der Waals surface area contributed by atoms with E-state index in [4.69, 9.17) is 12.2 Å². The number of aromatic amines is 1. The van der Waals surface area contributed by atoms with Crippen molar-refractivity contribution in [1.29, 1.82) is 0 Å². The maximum absolute atomic E-state index is 13.8. The van der Waals surface area contributed by atoms with Gasteiger partial charge in [-0.1, -0.05) is 19.1 Å². The summed E-state index contributed by atoms with van der Waals surface area (Å²) in [5.41, 5.74) is 0.278. The number of carbonyl (C=O) groups is 1. The normalized spacial score (nSPS) is 19.3. The van der Waals surface area contributed by atoms with Gasteiger partial charge >= 0.3 is 0 Å². The van der Waals surface area contributed by atoms with Gasteiger partial charge in [0.2, 0.25) is 5.91 Å². The number of halogens is 2. The molecular weight excluding hydrogens is 334 g/mol. The largest absolute Gasteiger partial charge is 0.354 e. The molecule has 1 aliphatic rings. The van der Waals surface area contributed by atoms with E-state index in [0.29, 0.717) is 24.3 Å². The van der Waals surface area contributed by atoms with Crippen LogP contribution in [0.5, 0.6) is 0 Å². The molecule has 24 heavy (non-hydrogen) atoms. The highest BCUT2D eigenvalue weighted by Crippen LogP contribution is 2.48. The molecule has 1 amide bonds. The topological polar surface area (TPSA) is 62.7 Å². The number of nitrogens with one attached hydrogen (secondary N) is 2. The van der Waals surface area contributed by atoms with E-state index in [1.165, 1.54) is 12.1 Å². The lowest BCUT2D eigenvalue weighted by Gasteiger charge is -2.08. The van der Waals surface area contributed by atoms with E-state index in [-0.39, 0.29) is 23.3 Å². The Morgan fingerprint density at radius 2 is 2.29 bits per heavy atom. The van der Waals surface area contributed by atoms with Crippen molar-refractivity contribution in [3.63, 3.8) is 0 Å². The van der Waals surface area contributed by atoms with Crippen molar-refractivity contribution in [3.8, 4) is 0 Å². The average molecular weight is 352 g/mol. The fourth-order valence-electron chi connectivity index (χ4n) is 2.91. The quantitative estimate of drug-likeness (QED) is 0.786. The molecule has 5 nitrogen and oxygen atoms in total. The number of rotatable bonds is 6. The van der Waals surface area contributed by atoms with Gasteiger partial charge in [0.15, 0.2) is 16.4 Å². The lowest BCUT2D eigenvalue weighted by atomic mass is 10.1. The van der Waals surface area contributed by atoms with Crippen LogP contribution in [0.25, 0.3) is 0 Å². The third-order valence-electron chi connectivity index (χ3n) is 4.30. The Morgan fingerprint density at radius 3 is 3.04 bits per heavy atom. The first-order valence-corrected chi connectivity index (χ1v) is 8.29. The summed E-state index contributed by atoms with van der Waals surface area (Å²) >= 11 is 5.15. The molecular formula is C16H18F2N4OS. The minimum absolute atomic E-state index is 0.142. The van der Waals surface area contributed by atoms with Crippen LogP contribution < -0.4 is 5.32 Å². The van der Waals surface area contributed by atoms with E-state index in [2.05, 4.69) is 15.5 Å². The highest BCUT2D eigenvalue weighted by atomic mass is 32.1. The number of nitrogens with zero attached hydrogens (tertiary/aromatic N) is 2. The molecule has 0 spiro atoms. The van der Waals surface area contributed by atoms with Gasteiger partial charge in [-0.15, -0.1) is 0 Å². The van der Waals surface area contributed by atoms with Crippen LogP contribution in [0.2, 0.25) is 0 Å². The summed E-state index contributed by atoms with van der Waals surface area (Å²) in [6.45, 7) is 2.91. The second-order valence-electron chi connectivity index (χ2n) is 5.83. The maximum Gasteiger partial charge on any atom is 0.223 e. The van der Waals surface area contributed by atoms with Crippen LogP contribution in [0.15, 0.2) is 18.2 Å². The van der Waals surface area contributed by atoms with Gasteiger partial charge < -0.3 is 9.88 Å². The van der Waals surface area contributed by atoms with Crippen LogP contribution in [-0.4, -0.2) is 27.2 Å². The Balaban J connectivity index is 1.55. The van der Waals surface area contributed by atoms with E-state index in [9.17, 15) is 13.6 Å². The first-order chi connectivity index (χ1) is 11.5. The monoisotopic (exact) mass is 352 g/mol. The third-order valence-corrected chi connectivity index (χ3v) is 4.61. The molecule has 8 heteroatoms. The molecule has 2 unspecified atom stereocenters. The minimum Gasteiger partial charge on any atom is -0.354 e.